The lowest BCUT2D eigenvalue weighted by molar-refractivity contribution is -0.142. The second-order valence-electron chi connectivity index (χ2n) is 8.13. The van der Waals surface area contributed by atoms with Crippen LogP contribution in [0.25, 0.3) is 11.1 Å². The van der Waals surface area contributed by atoms with E-state index in [2.05, 4.69) is 22.8 Å². The number of benzene rings is 2. The number of ether oxygens (including phenoxy) is 1. The molecule has 7 heteroatoms. The minimum atomic E-state index is -1.09. The Kier molecular flexibility index (Phi) is 7.30. The van der Waals surface area contributed by atoms with Gasteiger partial charge in [-0.25, -0.2) is 9.59 Å². The zero-order chi connectivity index (χ0) is 23.3. The molecule has 1 aliphatic carbocycles. The van der Waals surface area contributed by atoms with E-state index in [4.69, 9.17) is 4.74 Å². The van der Waals surface area contributed by atoms with Crippen molar-refractivity contribution in [1.82, 2.24) is 10.6 Å². The number of hydrogen-bond acceptors (Lipinski definition) is 4. The fourth-order valence-corrected chi connectivity index (χ4v) is 3.80. The van der Waals surface area contributed by atoms with Crippen molar-refractivity contribution in [1.29, 1.82) is 0 Å². The van der Waals surface area contributed by atoms with E-state index in [1.165, 1.54) is 6.08 Å². The number of carboxylic acid groups (broad SMARTS) is 1. The topological polar surface area (TPSA) is 105 Å². The van der Waals surface area contributed by atoms with E-state index in [9.17, 15) is 19.5 Å². The van der Waals surface area contributed by atoms with E-state index in [1.54, 1.807) is 20.8 Å². The average Bonchev–Trinajstić information content (AvgIpc) is 3.09. The maximum Gasteiger partial charge on any atom is 0.407 e. The third kappa shape index (κ3) is 5.17. The van der Waals surface area contributed by atoms with E-state index in [0.29, 0.717) is 5.57 Å². The first-order valence-corrected chi connectivity index (χ1v) is 10.6. The highest BCUT2D eigenvalue weighted by Crippen LogP contribution is 2.44. The molecule has 0 heterocycles. The maximum atomic E-state index is 12.2. The number of amides is 2. The first-order valence-electron chi connectivity index (χ1n) is 10.6. The molecule has 3 rings (SSSR count). The predicted molar refractivity (Wildman–Crippen MR) is 121 cm³/mol. The molecule has 0 aliphatic heterocycles. The van der Waals surface area contributed by atoms with Gasteiger partial charge in [-0.05, 0) is 35.1 Å². The monoisotopic (exact) mass is 436 g/mol. The number of rotatable bonds is 8. The van der Waals surface area contributed by atoms with Crippen molar-refractivity contribution < 1.29 is 24.2 Å². The molecule has 2 aromatic carbocycles. The molecule has 0 bridgehead atoms. The highest BCUT2D eigenvalue weighted by atomic mass is 16.5. The van der Waals surface area contributed by atoms with Crippen molar-refractivity contribution in [3.63, 3.8) is 0 Å². The summed E-state index contributed by atoms with van der Waals surface area (Å²) >= 11 is 0. The molecule has 0 spiro atoms. The fourth-order valence-electron chi connectivity index (χ4n) is 3.80. The largest absolute Gasteiger partial charge is 0.480 e. The van der Waals surface area contributed by atoms with Crippen molar-refractivity contribution >= 4 is 18.0 Å². The van der Waals surface area contributed by atoms with Crippen LogP contribution in [0.15, 0.2) is 60.2 Å². The Labute approximate surface area is 187 Å². The van der Waals surface area contributed by atoms with Gasteiger partial charge in [0.05, 0.1) is 0 Å². The molecular weight excluding hydrogens is 408 g/mol. The van der Waals surface area contributed by atoms with Crippen LogP contribution in [0, 0.1) is 5.92 Å². The van der Waals surface area contributed by atoms with Crippen LogP contribution < -0.4 is 10.6 Å². The van der Waals surface area contributed by atoms with Gasteiger partial charge in [-0.1, -0.05) is 68.5 Å². The second-order valence-corrected chi connectivity index (χ2v) is 8.13. The van der Waals surface area contributed by atoms with Crippen LogP contribution >= 0.6 is 0 Å². The molecule has 168 valence electrons. The Balaban J connectivity index is 1.53. The number of alkyl carbamates (subject to hydrolysis) is 1. The van der Waals surface area contributed by atoms with Gasteiger partial charge in [0, 0.05) is 18.0 Å². The van der Waals surface area contributed by atoms with Crippen LogP contribution in [-0.2, 0) is 14.3 Å². The summed E-state index contributed by atoms with van der Waals surface area (Å²) in [6, 6.07) is 15.2. The smallest absolute Gasteiger partial charge is 0.407 e. The normalized spacial score (nSPS) is 13.8. The van der Waals surface area contributed by atoms with E-state index in [1.807, 2.05) is 36.4 Å². The summed E-state index contributed by atoms with van der Waals surface area (Å²) in [6.45, 7) is 5.30. The van der Waals surface area contributed by atoms with Crippen molar-refractivity contribution in [3.8, 4) is 11.1 Å². The Morgan fingerprint density at radius 3 is 2.12 bits per heavy atom. The molecule has 0 saturated heterocycles. The molecule has 0 fully saturated rings. The predicted octanol–water partition coefficient (Wildman–Crippen LogP) is 3.70. The van der Waals surface area contributed by atoms with Crippen LogP contribution in [0.1, 0.15) is 37.8 Å². The first-order chi connectivity index (χ1) is 15.3. The van der Waals surface area contributed by atoms with E-state index in [-0.39, 0.29) is 25.0 Å². The molecule has 32 heavy (non-hydrogen) atoms. The Morgan fingerprint density at radius 2 is 1.59 bits per heavy atom. The van der Waals surface area contributed by atoms with Gasteiger partial charge in [0.2, 0.25) is 5.91 Å². The molecule has 7 nitrogen and oxygen atoms in total. The number of aliphatic carboxylic acids is 1. The Morgan fingerprint density at radius 1 is 1.03 bits per heavy atom. The lowest BCUT2D eigenvalue weighted by Crippen LogP contribution is -2.44. The molecule has 2 aromatic rings. The fraction of sp³-hybridized carbons (Fsp3) is 0.320. The molecule has 0 saturated carbocycles. The van der Waals surface area contributed by atoms with Crippen LogP contribution in [0.3, 0.4) is 0 Å². The quantitative estimate of drug-likeness (QED) is 0.548. The zero-order valence-electron chi connectivity index (χ0n) is 18.4. The molecule has 0 aromatic heterocycles. The van der Waals surface area contributed by atoms with Gasteiger partial charge in [0.1, 0.15) is 12.6 Å². The SMILES string of the molecule is C/C(=C\CNC(=O)OCC1c2ccccc2-c2ccccc21)C(=O)N[C@@H](C(=O)O)C(C)C. The van der Waals surface area contributed by atoms with Crippen LogP contribution in [0.2, 0.25) is 0 Å². The summed E-state index contributed by atoms with van der Waals surface area (Å²) in [5.74, 6) is -1.85. The Hall–Kier alpha value is -3.61. The third-order valence-corrected chi connectivity index (χ3v) is 5.58. The van der Waals surface area contributed by atoms with Crippen molar-refractivity contribution in [2.24, 2.45) is 5.92 Å². The van der Waals surface area contributed by atoms with Crippen molar-refractivity contribution in [2.45, 2.75) is 32.7 Å². The average molecular weight is 437 g/mol. The van der Waals surface area contributed by atoms with Crippen molar-refractivity contribution in [2.75, 3.05) is 13.2 Å². The van der Waals surface area contributed by atoms with Gasteiger partial charge in [-0.2, -0.15) is 0 Å². The molecular formula is C25H28N2O5. The first kappa shape index (κ1) is 23.1. The number of carbonyl (C=O) groups excluding carboxylic acids is 2. The second kappa shape index (κ2) is 10.1. The standard InChI is InChI=1S/C25H28N2O5/c1-15(2)22(24(29)30)27-23(28)16(3)12-13-26-25(31)32-14-21-19-10-6-4-8-17(19)18-9-5-7-11-20(18)21/h4-12,15,21-22H,13-14H2,1-3H3,(H,26,31)(H,27,28)(H,29,30)/b16-12+/t22-/m1/s1. The minimum Gasteiger partial charge on any atom is -0.480 e. The highest BCUT2D eigenvalue weighted by Gasteiger charge is 2.29. The summed E-state index contributed by atoms with van der Waals surface area (Å²) in [4.78, 5) is 35.6. The van der Waals surface area contributed by atoms with Crippen LogP contribution in [0.4, 0.5) is 4.79 Å². The minimum absolute atomic E-state index is 0.0276. The molecule has 1 aliphatic rings. The summed E-state index contributed by atoms with van der Waals surface area (Å²) in [5, 5.41) is 14.3. The van der Waals surface area contributed by atoms with Crippen LogP contribution in [-0.4, -0.2) is 42.3 Å². The molecule has 0 radical (unpaired) electrons. The third-order valence-electron chi connectivity index (χ3n) is 5.58. The summed E-state index contributed by atoms with van der Waals surface area (Å²) in [7, 11) is 0. The van der Waals surface area contributed by atoms with Gasteiger partial charge in [-0.3, -0.25) is 4.79 Å². The Bertz CT molecular complexity index is 999. The maximum absolute atomic E-state index is 12.2. The molecule has 0 unspecified atom stereocenters. The van der Waals surface area contributed by atoms with E-state index >= 15 is 0 Å². The number of carboxylic acids is 1. The van der Waals surface area contributed by atoms with E-state index < -0.39 is 24.0 Å². The number of nitrogens with one attached hydrogen (secondary N) is 2. The number of hydrogen-bond donors (Lipinski definition) is 3. The highest BCUT2D eigenvalue weighted by molar-refractivity contribution is 5.95. The lowest BCUT2D eigenvalue weighted by atomic mass is 9.98. The number of fused-ring (bicyclic) bond motifs is 3. The van der Waals surface area contributed by atoms with Gasteiger partial charge < -0.3 is 20.5 Å². The molecule has 3 N–H and O–H groups in total. The molecule has 1 atom stereocenters. The van der Waals surface area contributed by atoms with Gasteiger partial charge in [-0.15, -0.1) is 0 Å². The lowest BCUT2D eigenvalue weighted by Gasteiger charge is -2.18. The van der Waals surface area contributed by atoms with Crippen molar-refractivity contribution in [3.05, 3.63) is 71.3 Å². The number of carbonyl (C=O) groups is 3. The van der Waals surface area contributed by atoms with Gasteiger partial charge in [0.25, 0.3) is 0 Å². The van der Waals surface area contributed by atoms with E-state index in [0.717, 1.165) is 22.3 Å². The zero-order valence-corrected chi connectivity index (χ0v) is 18.4. The summed E-state index contributed by atoms with van der Waals surface area (Å²) in [6.07, 6.45) is 0.942. The summed E-state index contributed by atoms with van der Waals surface area (Å²) in [5.41, 5.74) is 4.89. The van der Waals surface area contributed by atoms with Gasteiger partial charge >= 0.3 is 12.1 Å². The van der Waals surface area contributed by atoms with Crippen LogP contribution in [0.5, 0.6) is 0 Å². The summed E-state index contributed by atoms with van der Waals surface area (Å²) < 4.78 is 5.45. The molecule has 2 amide bonds. The van der Waals surface area contributed by atoms with Gasteiger partial charge in [0.15, 0.2) is 0 Å².